The number of amides is 1. The van der Waals surface area contributed by atoms with Crippen LogP contribution < -0.4 is 15.5 Å². The smallest absolute Gasteiger partial charge is 0.225 e. The minimum atomic E-state index is 0. The molecular weight excluding hydrogens is 486 g/mol. The molecule has 1 atom stereocenters. The number of aromatic nitrogens is 3. The molecule has 2 N–H and O–H groups in total. The Labute approximate surface area is 224 Å². The van der Waals surface area contributed by atoms with Crippen LogP contribution in [0.5, 0.6) is 0 Å². The third kappa shape index (κ3) is 5.66. The van der Waals surface area contributed by atoms with Crippen molar-refractivity contribution < 1.29 is 9.53 Å². The number of morpholine rings is 1. The third-order valence-corrected chi connectivity index (χ3v) is 7.53. The summed E-state index contributed by atoms with van der Waals surface area (Å²) in [5, 5.41) is 6.80. The summed E-state index contributed by atoms with van der Waals surface area (Å²) in [5.74, 6) is 1.36. The quantitative estimate of drug-likeness (QED) is 0.511. The van der Waals surface area contributed by atoms with Crippen molar-refractivity contribution in [2.24, 2.45) is 5.92 Å². The molecule has 0 spiro atoms. The van der Waals surface area contributed by atoms with Gasteiger partial charge < -0.3 is 25.2 Å². The Bertz CT molecular complexity index is 1210. The summed E-state index contributed by atoms with van der Waals surface area (Å²) >= 11 is 0. The molecule has 196 valence electrons. The molecule has 9 nitrogen and oxygen atoms in total. The van der Waals surface area contributed by atoms with Gasteiger partial charge in [-0.1, -0.05) is 18.6 Å². The van der Waals surface area contributed by atoms with Gasteiger partial charge in [-0.15, -0.1) is 0 Å². The molecule has 10 heteroatoms. The van der Waals surface area contributed by atoms with Crippen molar-refractivity contribution in [1.29, 1.82) is 0 Å². The van der Waals surface area contributed by atoms with E-state index in [4.69, 9.17) is 9.72 Å². The molecule has 0 unspecified atom stereocenters. The van der Waals surface area contributed by atoms with E-state index in [1.165, 1.54) is 12.1 Å². The number of nitrogens with zero attached hydrogens (tertiary/aromatic N) is 5. The van der Waals surface area contributed by atoms with Crippen LogP contribution in [-0.2, 0) is 9.53 Å². The van der Waals surface area contributed by atoms with Crippen LogP contribution in [0.25, 0.3) is 22.3 Å². The van der Waals surface area contributed by atoms with Gasteiger partial charge >= 0.3 is 0 Å². The number of rotatable bonds is 6. The monoisotopic (exact) mass is 521 g/mol. The number of hydrogen-bond acceptors (Lipinski definition) is 8. The van der Waals surface area contributed by atoms with Crippen LogP contribution in [0.15, 0.2) is 42.7 Å². The van der Waals surface area contributed by atoms with E-state index in [9.17, 15) is 4.79 Å². The summed E-state index contributed by atoms with van der Waals surface area (Å²) < 4.78 is 5.82. The van der Waals surface area contributed by atoms with E-state index in [0.29, 0.717) is 12.5 Å². The van der Waals surface area contributed by atoms with Crippen LogP contribution in [0.1, 0.15) is 19.3 Å². The third-order valence-electron chi connectivity index (χ3n) is 7.53. The van der Waals surface area contributed by atoms with E-state index in [-0.39, 0.29) is 25.5 Å². The topological polar surface area (TPSA) is 95.5 Å². The second-order valence-electron chi connectivity index (χ2n) is 9.85. The number of anilines is 2. The van der Waals surface area contributed by atoms with Gasteiger partial charge in [0.15, 0.2) is 5.82 Å². The van der Waals surface area contributed by atoms with E-state index in [0.717, 1.165) is 86.8 Å². The van der Waals surface area contributed by atoms with Crippen molar-refractivity contribution in [1.82, 2.24) is 25.2 Å². The molecule has 1 saturated carbocycles. The highest BCUT2D eigenvalue weighted by Crippen LogP contribution is 2.30. The van der Waals surface area contributed by atoms with Crippen molar-refractivity contribution in [2.75, 3.05) is 62.6 Å². The first kappa shape index (κ1) is 25.7. The van der Waals surface area contributed by atoms with Gasteiger partial charge in [0.2, 0.25) is 5.91 Å². The Kier molecular flexibility index (Phi) is 8.07. The lowest BCUT2D eigenvalue weighted by Gasteiger charge is -2.39. The van der Waals surface area contributed by atoms with Crippen LogP contribution in [0.3, 0.4) is 0 Å². The first-order chi connectivity index (χ1) is 17.7. The maximum absolute atomic E-state index is 12.6. The summed E-state index contributed by atoms with van der Waals surface area (Å²) in [6.45, 7) is 6.43. The standard InChI is InChI=1S/C27H33N7O2.H2S/c35-27(20-2-1-3-20)34-13-11-33(12-14-34)21-6-4-19(5-7-21)23-16-24-25(30-9-8-29-24)26(32-23)31-18-22-17-28-10-15-36-22;/h4-9,16,20,22,28H,1-3,10-15,17-18H2,(H,31,32);1H2/t22-;/m0./s1. The van der Waals surface area contributed by atoms with Crippen molar-refractivity contribution >= 4 is 41.9 Å². The molecule has 1 aromatic carbocycles. The molecule has 3 fully saturated rings. The number of nitrogens with one attached hydrogen (secondary N) is 2. The minimum Gasteiger partial charge on any atom is -0.374 e. The number of carbonyl (C=O) groups is 1. The average molecular weight is 522 g/mol. The van der Waals surface area contributed by atoms with E-state index < -0.39 is 0 Å². The predicted octanol–water partition coefficient (Wildman–Crippen LogP) is 2.65. The lowest BCUT2D eigenvalue weighted by atomic mass is 9.84. The summed E-state index contributed by atoms with van der Waals surface area (Å²) in [4.78, 5) is 30.9. The van der Waals surface area contributed by atoms with E-state index in [1.54, 1.807) is 12.4 Å². The molecule has 0 bridgehead atoms. The summed E-state index contributed by atoms with van der Waals surface area (Å²) in [7, 11) is 0. The number of hydrogen-bond donors (Lipinski definition) is 2. The molecule has 6 rings (SSSR count). The molecule has 1 aliphatic carbocycles. The minimum absolute atomic E-state index is 0. The van der Waals surface area contributed by atoms with Crippen LogP contribution in [-0.4, -0.2) is 84.3 Å². The molecular formula is C27H35N7O2S. The Morgan fingerprint density at radius 1 is 1.08 bits per heavy atom. The van der Waals surface area contributed by atoms with Gasteiger partial charge in [-0.05, 0) is 31.0 Å². The van der Waals surface area contributed by atoms with Gasteiger partial charge in [0.1, 0.15) is 5.52 Å². The maximum Gasteiger partial charge on any atom is 0.225 e. The largest absolute Gasteiger partial charge is 0.374 e. The molecule has 2 aliphatic heterocycles. The molecule has 2 aromatic heterocycles. The molecule has 37 heavy (non-hydrogen) atoms. The number of piperazine rings is 1. The van der Waals surface area contributed by atoms with Gasteiger partial charge in [0.05, 0.1) is 23.9 Å². The van der Waals surface area contributed by atoms with Crippen molar-refractivity contribution in [3.8, 4) is 11.3 Å². The van der Waals surface area contributed by atoms with Crippen molar-refractivity contribution in [2.45, 2.75) is 25.4 Å². The fourth-order valence-electron chi connectivity index (χ4n) is 5.15. The molecule has 0 radical (unpaired) electrons. The van der Waals surface area contributed by atoms with Crippen LogP contribution in [0.2, 0.25) is 0 Å². The average Bonchev–Trinajstić information content (AvgIpc) is 2.91. The molecule has 4 heterocycles. The second-order valence-corrected chi connectivity index (χ2v) is 9.85. The van der Waals surface area contributed by atoms with Crippen molar-refractivity contribution in [3.05, 3.63) is 42.7 Å². The van der Waals surface area contributed by atoms with E-state index in [1.807, 2.05) is 6.07 Å². The molecule has 1 amide bonds. The molecule has 2 saturated heterocycles. The Hall–Kier alpha value is -2.95. The van der Waals surface area contributed by atoms with E-state index in [2.05, 4.69) is 54.7 Å². The Morgan fingerprint density at radius 3 is 2.57 bits per heavy atom. The summed E-state index contributed by atoms with van der Waals surface area (Å²) in [6, 6.07) is 10.5. The van der Waals surface area contributed by atoms with E-state index >= 15 is 0 Å². The van der Waals surface area contributed by atoms with Crippen LogP contribution in [0.4, 0.5) is 11.5 Å². The summed E-state index contributed by atoms with van der Waals surface area (Å²) in [5.41, 5.74) is 4.63. The fraction of sp³-hybridized carbons (Fsp3) is 0.481. The number of carbonyl (C=O) groups excluding carboxylic acids is 1. The first-order valence-corrected chi connectivity index (χ1v) is 13.1. The normalized spacial score (nSPS) is 20.3. The van der Waals surface area contributed by atoms with Crippen LogP contribution >= 0.6 is 13.5 Å². The highest BCUT2D eigenvalue weighted by atomic mass is 32.1. The zero-order valence-corrected chi connectivity index (χ0v) is 22.0. The van der Waals surface area contributed by atoms with Gasteiger partial charge in [-0.2, -0.15) is 13.5 Å². The van der Waals surface area contributed by atoms with Gasteiger partial charge in [0.25, 0.3) is 0 Å². The maximum atomic E-state index is 12.6. The van der Waals surface area contributed by atoms with Crippen LogP contribution in [0, 0.1) is 5.92 Å². The summed E-state index contributed by atoms with van der Waals surface area (Å²) in [6.07, 6.45) is 6.84. The molecule has 3 aliphatic rings. The zero-order chi connectivity index (χ0) is 24.3. The molecule has 3 aromatic rings. The number of pyridine rings is 1. The zero-order valence-electron chi connectivity index (χ0n) is 21.0. The number of benzene rings is 1. The number of fused-ring (bicyclic) bond motifs is 1. The lowest BCUT2D eigenvalue weighted by Crippen LogP contribution is -2.51. The van der Waals surface area contributed by atoms with Crippen molar-refractivity contribution in [3.63, 3.8) is 0 Å². The first-order valence-electron chi connectivity index (χ1n) is 13.1. The Balaban J connectivity index is 0.00000280. The highest BCUT2D eigenvalue weighted by molar-refractivity contribution is 7.59. The second kappa shape index (κ2) is 11.6. The number of ether oxygens (including phenoxy) is 1. The lowest BCUT2D eigenvalue weighted by molar-refractivity contribution is -0.138. The Morgan fingerprint density at radius 2 is 1.86 bits per heavy atom. The highest BCUT2D eigenvalue weighted by Gasteiger charge is 2.31. The van der Waals surface area contributed by atoms with Gasteiger partial charge in [-0.3, -0.25) is 9.78 Å². The SMILES string of the molecule is O=C(C1CCC1)N1CCN(c2ccc(-c3cc4nccnc4c(NC[C@@H]4CNCCO4)n3)cc2)CC1.S. The van der Waals surface area contributed by atoms with Gasteiger partial charge in [0, 0.05) is 75.4 Å². The predicted molar refractivity (Wildman–Crippen MR) is 150 cm³/mol. The fourth-order valence-corrected chi connectivity index (χ4v) is 5.15. The van der Waals surface area contributed by atoms with Gasteiger partial charge in [-0.25, -0.2) is 9.97 Å².